The van der Waals surface area contributed by atoms with Gasteiger partial charge in [-0.3, -0.25) is 9.69 Å². The second kappa shape index (κ2) is 10.0. The first-order valence-corrected chi connectivity index (χ1v) is 11.7. The number of nitrogens with zero attached hydrogens (tertiary/aromatic N) is 2. The van der Waals surface area contributed by atoms with Gasteiger partial charge >= 0.3 is 5.97 Å². The first-order chi connectivity index (χ1) is 17.1. The van der Waals surface area contributed by atoms with Crippen molar-refractivity contribution in [1.29, 1.82) is 0 Å². The minimum absolute atomic E-state index is 0.0490. The number of carboxylic acids is 1. The van der Waals surface area contributed by atoms with Gasteiger partial charge in [-0.15, -0.1) is 0 Å². The van der Waals surface area contributed by atoms with Gasteiger partial charge in [0.15, 0.2) is 5.75 Å². The van der Waals surface area contributed by atoms with E-state index in [0.29, 0.717) is 31.8 Å². The summed E-state index contributed by atoms with van der Waals surface area (Å²) in [4.78, 5) is 27.5. The maximum Gasteiger partial charge on any atom is 0.341 e. The molecule has 2 aliphatic heterocycles. The Morgan fingerprint density at radius 1 is 1.09 bits per heavy atom. The quantitative estimate of drug-likeness (QED) is 0.474. The lowest BCUT2D eigenvalue weighted by Gasteiger charge is -2.28. The molecular formula is C27H28N2O6. The number of aromatic nitrogens is 1. The monoisotopic (exact) mass is 476 g/mol. The average molecular weight is 477 g/mol. The molecule has 0 amide bonds. The molecule has 2 aromatic carbocycles. The molecule has 2 aliphatic rings. The number of epoxide rings is 1. The van der Waals surface area contributed by atoms with E-state index >= 15 is 0 Å². The first kappa shape index (κ1) is 23.3. The zero-order valence-corrected chi connectivity index (χ0v) is 19.5. The van der Waals surface area contributed by atoms with Crippen LogP contribution in [0, 0.1) is 0 Å². The van der Waals surface area contributed by atoms with Crippen LogP contribution in [0.3, 0.4) is 0 Å². The third kappa shape index (κ3) is 4.86. The number of pyridine rings is 1. The molecule has 8 heteroatoms. The normalized spacial score (nSPS) is 21.0. The molecule has 2 unspecified atom stereocenters. The number of methoxy groups -OCH3 is 1. The van der Waals surface area contributed by atoms with Crippen molar-refractivity contribution >= 4 is 5.97 Å². The standard InChI is InChI=1S/C27H28N2O6/c1-33-13-12-28-15-20(14-18-8-4-2-5-9-18)29-16-21(27(31)32)23(30)24(22(29)25-26(28)35-25)34-17-19-10-6-3-7-11-19/h2-11,16,20,25-26H,12-15,17H2,1H3,(H,31,32)/t20-,25?,26?/m0/s1. The highest BCUT2D eigenvalue weighted by Crippen LogP contribution is 2.47. The van der Waals surface area contributed by atoms with Gasteiger partial charge in [0.2, 0.25) is 5.43 Å². The molecule has 0 radical (unpaired) electrons. The summed E-state index contributed by atoms with van der Waals surface area (Å²) in [6.07, 6.45) is 1.53. The number of fused-ring (bicyclic) bond motifs is 3. The highest BCUT2D eigenvalue weighted by molar-refractivity contribution is 5.87. The van der Waals surface area contributed by atoms with Gasteiger partial charge in [0.1, 0.15) is 24.5 Å². The lowest BCUT2D eigenvalue weighted by Crippen LogP contribution is -2.35. The Morgan fingerprint density at radius 3 is 2.43 bits per heavy atom. The van der Waals surface area contributed by atoms with Crippen molar-refractivity contribution in [1.82, 2.24) is 9.47 Å². The van der Waals surface area contributed by atoms with Crippen LogP contribution in [0.25, 0.3) is 0 Å². The van der Waals surface area contributed by atoms with Crippen LogP contribution in [0.2, 0.25) is 0 Å². The van der Waals surface area contributed by atoms with E-state index in [4.69, 9.17) is 14.2 Å². The second-order valence-electron chi connectivity index (χ2n) is 8.85. The van der Waals surface area contributed by atoms with Crippen LogP contribution in [-0.4, -0.2) is 53.6 Å². The molecule has 1 N–H and O–H groups in total. The maximum atomic E-state index is 13.3. The van der Waals surface area contributed by atoms with Crippen molar-refractivity contribution in [3.63, 3.8) is 0 Å². The molecule has 0 bridgehead atoms. The van der Waals surface area contributed by atoms with E-state index in [1.54, 1.807) is 7.11 Å². The molecule has 182 valence electrons. The second-order valence-corrected chi connectivity index (χ2v) is 8.85. The molecule has 35 heavy (non-hydrogen) atoms. The fourth-order valence-corrected chi connectivity index (χ4v) is 4.74. The third-order valence-electron chi connectivity index (χ3n) is 6.52. The summed E-state index contributed by atoms with van der Waals surface area (Å²) >= 11 is 0. The molecule has 1 fully saturated rings. The van der Waals surface area contributed by atoms with Crippen molar-refractivity contribution in [2.24, 2.45) is 0 Å². The van der Waals surface area contributed by atoms with Crippen molar-refractivity contribution in [3.05, 3.63) is 99.5 Å². The molecule has 1 aromatic heterocycles. The molecule has 3 aromatic rings. The third-order valence-corrected chi connectivity index (χ3v) is 6.52. The smallest absolute Gasteiger partial charge is 0.341 e. The molecule has 0 spiro atoms. The van der Waals surface area contributed by atoms with Crippen LogP contribution in [0.1, 0.15) is 39.3 Å². The lowest BCUT2D eigenvalue weighted by atomic mass is 10.0. The van der Waals surface area contributed by atoms with Crippen molar-refractivity contribution < 1.29 is 24.1 Å². The predicted octanol–water partition coefficient (Wildman–Crippen LogP) is 3.27. The summed E-state index contributed by atoms with van der Waals surface area (Å²) in [5.74, 6) is -1.23. The van der Waals surface area contributed by atoms with Gasteiger partial charge in [-0.1, -0.05) is 60.7 Å². The van der Waals surface area contributed by atoms with Gasteiger partial charge < -0.3 is 23.9 Å². The molecule has 8 nitrogen and oxygen atoms in total. The Hall–Kier alpha value is -3.46. The number of rotatable bonds is 9. The molecule has 0 saturated carbocycles. The van der Waals surface area contributed by atoms with E-state index in [2.05, 4.69) is 17.0 Å². The van der Waals surface area contributed by atoms with Gasteiger partial charge in [0, 0.05) is 26.4 Å². The van der Waals surface area contributed by atoms with E-state index < -0.39 is 11.4 Å². The molecular weight excluding hydrogens is 448 g/mol. The van der Waals surface area contributed by atoms with E-state index in [-0.39, 0.29) is 36.3 Å². The summed E-state index contributed by atoms with van der Waals surface area (Å²) in [5.41, 5.74) is 1.67. The van der Waals surface area contributed by atoms with Crippen LogP contribution >= 0.6 is 0 Å². The summed E-state index contributed by atoms with van der Waals surface area (Å²) in [6.45, 7) is 1.97. The minimum Gasteiger partial charge on any atom is -0.483 e. The topological polar surface area (TPSA) is 93.5 Å². The Morgan fingerprint density at radius 2 is 1.77 bits per heavy atom. The Bertz CT molecular complexity index is 1240. The SMILES string of the molecule is COCCN1C[C@H](Cc2ccccc2)n2cc(C(=O)O)c(=O)c(OCc3ccccc3)c2C2OC21. The maximum absolute atomic E-state index is 13.3. The molecule has 3 atom stereocenters. The number of hydrogen-bond donors (Lipinski definition) is 1. The zero-order valence-electron chi connectivity index (χ0n) is 19.5. The van der Waals surface area contributed by atoms with Gasteiger partial charge in [-0.05, 0) is 17.5 Å². The first-order valence-electron chi connectivity index (χ1n) is 11.7. The van der Waals surface area contributed by atoms with E-state index in [1.807, 2.05) is 53.1 Å². The van der Waals surface area contributed by atoms with Crippen LogP contribution in [0.5, 0.6) is 5.75 Å². The minimum atomic E-state index is -1.28. The number of benzene rings is 2. The molecule has 3 heterocycles. The van der Waals surface area contributed by atoms with Crippen molar-refractivity contribution in [2.45, 2.75) is 31.4 Å². The number of carboxylic acid groups (broad SMARTS) is 1. The highest BCUT2D eigenvalue weighted by atomic mass is 16.6. The van der Waals surface area contributed by atoms with E-state index in [9.17, 15) is 14.7 Å². The van der Waals surface area contributed by atoms with Gasteiger partial charge in [-0.25, -0.2) is 4.79 Å². The zero-order chi connectivity index (χ0) is 24.4. The number of hydrogen-bond acceptors (Lipinski definition) is 6. The molecule has 5 rings (SSSR count). The predicted molar refractivity (Wildman–Crippen MR) is 129 cm³/mol. The summed E-state index contributed by atoms with van der Waals surface area (Å²) < 4.78 is 19.3. The van der Waals surface area contributed by atoms with Gasteiger partial charge in [-0.2, -0.15) is 0 Å². The highest BCUT2D eigenvalue weighted by Gasteiger charge is 2.51. The van der Waals surface area contributed by atoms with Crippen molar-refractivity contribution in [3.8, 4) is 5.75 Å². The van der Waals surface area contributed by atoms with Crippen LogP contribution in [0.4, 0.5) is 0 Å². The summed E-state index contributed by atoms with van der Waals surface area (Å²) in [6, 6.07) is 19.4. The Kier molecular flexibility index (Phi) is 6.68. The van der Waals surface area contributed by atoms with E-state index in [1.165, 1.54) is 6.20 Å². The largest absolute Gasteiger partial charge is 0.483 e. The van der Waals surface area contributed by atoms with E-state index in [0.717, 1.165) is 11.1 Å². The summed E-state index contributed by atoms with van der Waals surface area (Å²) in [7, 11) is 1.66. The Balaban J connectivity index is 1.60. The molecule has 1 saturated heterocycles. The number of carbonyl (C=O) groups is 1. The Labute approximate surface area is 203 Å². The van der Waals surface area contributed by atoms with Gasteiger partial charge in [0.25, 0.3) is 0 Å². The molecule has 0 aliphatic carbocycles. The van der Waals surface area contributed by atoms with Crippen LogP contribution in [-0.2, 0) is 22.5 Å². The van der Waals surface area contributed by atoms with Crippen LogP contribution in [0.15, 0.2) is 71.7 Å². The van der Waals surface area contributed by atoms with Crippen molar-refractivity contribution in [2.75, 3.05) is 26.8 Å². The average Bonchev–Trinajstić information content (AvgIpc) is 3.67. The fourth-order valence-electron chi connectivity index (χ4n) is 4.74. The summed E-state index contributed by atoms with van der Waals surface area (Å²) in [5, 5.41) is 9.84. The number of aromatic carboxylic acids is 1. The van der Waals surface area contributed by atoms with Crippen LogP contribution < -0.4 is 10.2 Å². The lowest BCUT2D eigenvalue weighted by molar-refractivity contribution is 0.0692. The number of ether oxygens (including phenoxy) is 3. The van der Waals surface area contributed by atoms with Gasteiger partial charge in [0.05, 0.1) is 18.3 Å². The fraction of sp³-hybridized carbons (Fsp3) is 0.333.